The van der Waals surface area contributed by atoms with Crippen LogP contribution in [0.5, 0.6) is 0 Å². The number of hydrogen-bond acceptors (Lipinski definition) is 6. The zero-order valence-corrected chi connectivity index (χ0v) is 15.8. The SMILES string of the molecule is COCCn1c(CO)nnc1C1CC(NC(=O)c2cc(C)c(C)[nH]c2=O)C1. The van der Waals surface area contributed by atoms with Gasteiger partial charge in [0, 0.05) is 31.3 Å². The molecule has 1 aliphatic rings. The first kappa shape index (κ1) is 19.2. The average molecular weight is 375 g/mol. The zero-order valence-electron chi connectivity index (χ0n) is 15.8. The van der Waals surface area contributed by atoms with Gasteiger partial charge >= 0.3 is 0 Å². The van der Waals surface area contributed by atoms with E-state index in [2.05, 4.69) is 20.5 Å². The van der Waals surface area contributed by atoms with Crippen LogP contribution in [0.3, 0.4) is 0 Å². The normalized spacial score (nSPS) is 19.0. The number of aryl methyl sites for hydroxylation is 2. The molecule has 3 rings (SSSR count). The van der Waals surface area contributed by atoms with Crippen molar-refractivity contribution in [2.75, 3.05) is 13.7 Å². The zero-order chi connectivity index (χ0) is 19.6. The highest BCUT2D eigenvalue weighted by Crippen LogP contribution is 2.36. The molecule has 0 aromatic carbocycles. The van der Waals surface area contributed by atoms with Crippen LogP contribution in [0.1, 0.15) is 52.0 Å². The highest BCUT2D eigenvalue weighted by molar-refractivity contribution is 5.94. The summed E-state index contributed by atoms with van der Waals surface area (Å²) in [5.41, 5.74) is 1.38. The van der Waals surface area contributed by atoms with E-state index in [1.165, 1.54) is 0 Å². The van der Waals surface area contributed by atoms with Crippen LogP contribution in [0.15, 0.2) is 10.9 Å². The third-order valence-electron chi connectivity index (χ3n) is 5.10. The van der Waals surface area contributed by atoms with Gasteiger partial charge in [0.15, 0.2) is 5.82 Å². The first-order valence-electron chi connectivity index (χ1n) is 8.97. The number of aliphatic hydroxyl groups excluding tert-OH is 1. The summed E-state index contributed by atoms with van der Waals surface area (Å²) in [5.74, 6) is 1.10. The molecule has 0 bridgehead atoms. The minimum Gasteiger partial charge on any atom is -0.388 e. The molecule has 3 N–H and O–H groups in total. The third kappa shape index (κ3) is 3.93. The minimum absolute atomic E-state index is 0.0198. The smallest absolute Gasteiger partial charge is 0.261 e. The van der Waals surface area contributed by atoms with Crippen LogP contribution in [-0.2, 0) is 17.9 Å². The molecule has 0 unspecified atom stereocenters. The van der Waals surface area contributed by atoms with E-state index in [-0.39, 0.29) is 35.6 Å². The van der Waals surface area contributed by atoms with Crippen LogP contribution in [0.2, 0.25) is 0 Å². The number of aromatic nitrogens is 4. The lowest BCUT2D eigenvalue weighted by Gasteiger charge is -2.35. The largest absolute Gasteiger partial charge is 0.388 e. The van der Waals surface area contributed by atoms with Crippen LogP contribution in [0, 0.1) is 13.8 Å². The lowest BCUT2D eigenvalue weighted by Crippen LogP contribution is -2.45. The van der Waals surface area contributed by atoms with E-state index in [9.17, 15) is 14.7 Å². The number of rotatable bonds is 7. The molecule has 9 nitrogen and oxygen atoms in total. The van der Waals surface area contributed by atoms with Gasteiger partial charge in [-0.15, -0.1) is 10.2 Å². The van der Waals surface area contributed by atoms with E-state index in [0.29, 0.717) is 31.8 Å². The Morgan fingerprint density at radius 2 is 2.15 bits per heavy atom. The van der Waals surface area contributed by atoms with Gasteiger partial charge in [-0.1, -0.05) is 0 Å². The molecule has 2 aromatic rings. The lowest BCUT2D eigenvalue weighted by atomic mass is 9.79. The second-order valence-electron chi connectivity index (χ2n) is 6.94. The molecule has 1 fully saturated rings. The molecule has 1 saturated carbocycles. The number of aliphatic hydroxyl groups is 1. The lowest BCUT2D eigenvalue weighted by molar-refractivity contribution is 0.0904. The fourth-order valence-corrected chi connectivity index (χ4v) is 3.30. The maximum Gasteiger partial charge on any atom is 0.261 e. The Bertz CT molecular complexity index is 882. The number of ether oxygens (including phenoxy) is 1. The molecule has 2 aromatic heterocycles. The van der Waals surface area contributed by atoms with Gasteiger partial charge in [-0.05, 0) is 38.3 Å². The second-order valence-corrected chi connectivity index (χ2v) is 6.94. The molecule has 27 heavy (non-hydrogen) atoms. The van der Waals surface area contributed by atoms with Crippen molar-refractivity contribution in [2.45, 2.75) is 51.8 Å². The summed E-state index contributed by atoms with van der Waals surface area (Å²) in [6.45, 7) is 4.54. The minimum atomic E-state index is -0.377. The molecule has 0 radical (unpaired) electrons. The Balaban J connectivity index is 1.63. The molecule has 146 valence electrons. The van der Waals surface area contributed by atoms with Crippen molar-refractivity contribution >= 4 is 5.91 Å². The second kappa shape index (κ2) is 8.01. The number of pyridine rings is 1. The summed E-state index contributed by atoms with van der Waals surface area (Å²) in [6.07, 6.45) is 1.43. The van der Waals surface area contributed by atoms with Gasteiger partial charge in [0.1, 0.15) is 18.0 Å². The predicted octanol–water partition coefficient (Wildman–Crippen LogP) is 0.398. The summed E-state index contributed by atoms with van der Waals surface area (Å²) in [7, 11) is 1.62. The van der Waals surface area contributed by atoms with E-state index in [1.54, 1.807) is 20.1 Å². The molecule has 9 heteroatoms. The summed E-state index contributed by atoms with van der Waals surface area (Å²) < 4.78 is 6.98. The molecule has 2 heterocycles. The number of hydrogen-bond donors (Lipinski definition) is 3. The summed E-state index contributed by atoms with van der Waals surface area (Å²) in [6, 6.07) is 1.60. The number of aromatic amines is 1. The van der Waals surface area contributed by atoms with Gasteiger partial charge in [-0.2, -0.15) is 0 Å². The van der Waals surface area contributed by atoms with Gasteiger partial charge in [0.05, 0.1) is 6.61 Å². The van der Waals surface area contributed by atoms with Crippen LogP contribution in [0.25, 0.3) is 0 Å². The van der Waals surface area contributed by atoms with Crippen molar-refractivity contribution in [1.29, 1.82) is 0 Å². The van der Waals surface area contributed by atoms with Crippen LogP contribution in [0.4, 0.5) is 0 Å². The number of methoxy groups -OCH3 is 1. The molecule has 1 amide bonds. The summed E-state index contributed by atoms with van der Waals surface area (Å²) >= 11 is 0. The quantitative estimate of drug-likeness (QED) is 0.644. The summed E-state index contributed by atoms with van der Waals surface area (Å²) in [5, 5.41) is 20.6. The molecule has 1 aliphatic carbocycles. The average Bonchev–Trinajstić information content (AvgIpc) is 3.01. The van der Waals surface area contributed by atoms with Crippen molar-refractivity contribution in [1.82, 2.24) is 25.1 Å². The van der Waals surface area contributed by atoms with E-state index in [0.717, 1.165) is 17.1 Å². The third-order valence-corrected chi connectivity index (χ3v) is 5.10. The number of amides is 1. The van der Waals surface area contributed by atoms with Gasteiger partial charge < -0.3 is 24.7 Å². The highest BCUT2D eigenvalue weighted by atomic mass is 16.5. The monoisotopic (exact) mass is 375 g/mol. The number of carbonyl (C=O) groups excluding carboxylic acids is 1. The van der Waals surface area contributed by atoms with Gasteiger partial charge in [0.25, 0.3) is 11.5 Å². The first-order valence-corrected chi connectivity index (χ1v) is 8.97. The Morgan fingerprint density at radius 3 is 2.81 bits per heavy atom. The number of carbonyl (C=O) groups is 1. The van der Waals surface area contributed by atoms with Gasteiger partial charge in [0.2, 0.25) is 0 Å². The summed E-state index contributed by atoms with van der Waals surface area (Å²) in [4.78, 5) is 27.1. The van der Waals surface area contributed by atoms with Crippen molar-refractivity contribution in [3.8, 4) is 0 Å². The maximum absolute atomic E-state index is 12.4. The molecule has 0 aliphatic heterocycles. The van der Waals surface area contributed by atoms with Crippen molar-refractivity contribution in [3.63, 3.8) is 0 Å². The Labute approximate surface area is 156 Å². The van der Waals surface area contributed by atoms with Crippen LogP contribution >= 0.6 is 0 Å². The fourth-order valence-electron chi connectivity index (χ4n) is 3.30. The predicted molar refractivity (Wildman–Crippen MR) is 97.6 cm³/mol. The number of H-pyrrole nitrogens is 1. The van der Waals surface area contributed by atoms with E-state index >= 15 is 0 Å². The van der Waals surface area contributed by atoms with E-state index < -0.39 is 0 Å². The highest BCUT2D eigenvalue weighted by Gasteiger charge is 2.35. The molecule has 0 saturated heterocycles. The Hall–Kier alpha value is -2.52. The van der Waals surface area contributed by atoms with E-state index in [4.69, 9.17) is 4.74 Å². The van der Waals surface area contributed by atoms with Crippen LogP contribution < -0.4 is 10.9 Å². The molecular formula is C18H25N5O4. The van der Waals surface area contributed by atoms with Crippen molar-refractivity contribution in [2.24, 2.45) is 0 Å². The topological polar surface area (TPSA) is 122 Å². The Kier molecular flexibility index (Phi) is 5.71. The standard InChI is InChI=1S/C18H25N5O4/c1-10-6-14(17(25)19-11(10)2)18(26)20-13-7-12(8-13)16-22-21-15(9-24)23(16)4-5-27-3/h6,12-13,24H,4-5,7-9H2,1-3H3,(H,19,25)(H,20,26). The molecule has 0 atom stereocenters. The van der Waals surface area contributed by atoms with Crippen LogP contribution in [-0.4, -0.2) is 50.5 Å². The molecular weight excluding hydrogens is 350 g/mol. The Morgan fingerprint density at radius 1 is 1.41 bits per heavy atom. The van der Waals surface area contributed by atoms with E-state index in [1.807, 2.05) is 11.5 Å². The number of nitrogens with one attached hydrogen (secondary N) is 2. The van der Waals surface area contributed by atoms with Crippen molar-refractivity contribution in [3.05, 3.63) is 44.9 Å². The maximum atomic E-state index is 12.4. The molecule has 0 spiro atoms. The van der Waals surface area contributed by atoms with Gasteiger partial charge in [-0.3, -0.25) is 9.59 Å². The van der Waals surface area contributed by atoms with Crippen molar-refractivity contribution < 1.29 is 14.6 Å². The number of nitrogens with zero attached hydrogens (tertiary/aromatic N) is 3. The van der Waals surface area contributed by atoms with Gasteiger partial charge in [-0.25, -0.2) is 0 Å². The first-order chi connectivity index (χ1) is 12.9. The fraction of sp³-hybridized carbons (Fsp3) is 0.556.